The third kappa shape index (κ3) is 231. The van der Waals surface area contributed by atoms with Crippen molar-refractivity contribution in [2.45, 2.75) is 0 Å². The van der Waals surface area contributed by atoms with E-state index in [1.807, 2.05) is 0 Å². The van der Waals surface area contributed by atoms with Gasteiger partial charge in [0.15, 0.2) is 0 Å². The van der Waals surface area contributed by atoms with Gasteiger partial charge in [-0.1, -0.05) is 0 Å². The Morgan fingerprint density at radius 3 is 0.375 bits per heavy atom. The molecule has 8 heteroatoms. The molecule has 0 fully saturated rings. The van der Waals surface area contributed by atoms with Crippen LogP contribution in [-0.4, -0.2) is 35.8 Å². The first-order chi connectivity index (χ1) is 0. The molecule has 0 bridgehead atoms. The van der Waals surface area contributed by atoms with Gasteiger partial charge in [0.1, 0.15) is 0 Å². The van der Waals surface area contributed by atoms with Gasteiger partial charge in [-0.05, 0) is 0 Å². The summed E-state index contributed by atoms with van der Waals surface area (Å²) < 4.78 is 0. The molecule has 0 rings (SSSR count). The monoisotopic (exact) mass is 110 g/mol. The molecule has 0 amide bonds. The molecule has 0 aliphatic carbocycles. The van der Waals surface area contributed by atoms with Gasteiger partial charge >= 0.3 is 46.1 Å². The summed E-state index contributed by atoms with van der Waals surface area (Å²) in [5, 5.41) is 0. The van der Waals surface area contributed by atoms with E-state index in [2.05, 4.69) is 0 Å². The largest absolute Gasteiger partial charge is 3.00 e. The van der Waals surface area contributed by atoms with Crippen molar-refractivity contribution in [1.29, 1.82) is 0 Å². The van der Waals surface area contributed by atoms with Gasteiger partial charge in [0, 0.05) is 0 Å². The fraction of sp³-hybridized carbons (Fsp3) is 0. The van der Waals surface area contributed by atoms with Gasteiger partial charge in [-0.3, -0.25) is 0 Å². The van der Waals surface area contributed by atoms with Gasteiger partial charge < -0.3 is 27.4 Å². The molecule has 0 aliphatic rings. The van der Waals surface area contributed by atoms with Crippen LogP contribution in [0.15, 0.2) is 0 Å². The maximum absolute atomic E-state index is 0. The topological polar surface area (TPSA) is 150 Å². The molecule has 0 radical (unpaired) electrons. The summed E-state index contributed by atoms with van der Waals surface area (Å²) in [6, 6.07) is 0. The predicted octanol–water partition coefficient (Wildman–Crippen LogP) is -7.26. The zero-order valence-corrected chi connectivity index (χ0v) is 4.81. The Morgan fingerprint density at radius 2 is 0.375 bits per heavy atom. The van der Waals surface area contributed by atoms with Crippen LogP contribution in [-0.2, 0) is 0 Å². The zero-order valence-electron chi connectivity index (χ0n) is 4.81. The van der Waals surface area contributed by atoms with Gasteiger partial charge in [0.05, 0.1) is 0 Å². The summed E-state index contributed by atoms with van der Waals surface area (Å²) in [5.74, 6) is 0. The first kappa shape index (κ1) is 524. The molecule has 40 valence electrons. The molecule has 0 aliphatic heterocycles. The Balaban J connectivity index is 0. The SMILES string of the molecule is [B+3].[Li+].[Li+].[OH-].[OH-].[OH-].[OH-].[OH-]. The van der Waals surface area contributed by atoms with E-state index in [-0.39, 0.29) is 73.5 Å². The first-order valence-electron chi connectivity index (χ1n) is 0. The summed E-state index contributed by atoms with van der Waals surface area (Å²) in [6.45, 7) is 0. The van der Waals surface area contributed by atoms with Crippen LogP contribution >= 0.6 is 0 Å². The van der Waals surface area contributed by atoms with Crippen molar-refractivity contribution in [2.75, 3.05) is 0 Å². The second-order valence-corrected chi connectivity index (χ2v) is 0. The summed E-state index contributed by atoms with van der Waals surface area (Å²) in [7, 11) is 0. The minimum absolute atomic E-state index is 0. The van der Waals surface area contributed by atoms with Crippen LogP contribution in [0.5, 0.6) is 0 Å². The Kier molecular flexibility index (Phi) is 23400. The van der Waals surface area contributed by atoms with E-state index in [1.165, 1.54) is 0 Å². The van der Waals surface area contributed by atoms with E-state index >= 15 is 0 Å². The average molecular weight is 110 g/mol. The van der Waals surface area contributed by atoms with E-state index in [0.717, 1.165) is 0 Å². The molecule has 0 aromatic rings. The van der Waals surface area contributed by atoms with E-state index in [0.29, 0.717) is 0 Å². The summed E-state index contributed by atoms with van der Waals surface area (Å²) in [6.07, 6.45) is 0. The molecule has 0 atom stereocenters. The average Bonchev–Trinajstić information content (AvgIpc) is 0. The molecular weight excluding hydrogens is 105 g/mol. The number of rotatable bonds is 0. The van der Waals surface area contributed by atoms with Crippen molar-refractivity contribution in [3.8, 4) is 0 Å². The second kappa shape index (κ2) is 358. The smallest absolute Gasteiger partial charge is 0.870 e. The van der Waals surface area contributed by atoms with Gasteiger partial charge in [-0.25, -0.2) is 0 Å². The molecular formula is H5BLi2O5. The third-order valence-electron chi connectivity index (χ3n) is 0. The van der Waals surface area contributed by atoms with Crippen LogP contribution in [0.4, 0.5) is 0 Å². The van der Waals surface area contributed by atoms with Gasteiger partial charge in [-0.2, -0.15) is 0 Å². The maximum atomic E-state index is 0. The van der Waals surface area contributed by atoms with E-state index in [9.17, 15) is 0 Å². The number of hydrogen-bond acceptors (Lipinski definition) is 5. The molecule has 0 aromatic carbocycles. The molecule has 0 saturated heterocycles. The Labute approximate surface area is 73.7 Å². The minimum Gasteiger partial charge on any atom is -0.870 e. The van der Waals surface area contributed by atoms with Crippen LogP contribution in [0.2, 0.25) is 0 Å². The van der Waals surface area contributed by atoms with Crippen molar-refractivity contribution in [3.63, 3.8) is 0 Å². The van der Waals surface area contributed by atoms with Crippen LogP contribution < -0.4 is 37.7 Å². The van der Waals surface area contributed by atoms with Crippen LogP contribution in [0.1, 0.15) is 0 Å². The van der Waals surface area contributed by atoms with Crippen LogP contribution in [0.25, 0.3) is 0 Å². The fourth-order valence-corrected chi connectivity index (χ4v) is 0. The molecule has 0 heterocycles. The standard InChI is InChI=1S/B.2Li.5H2O/h;;;5*1H2/q+3;2*+1;;;;;/p-5. The predicted molar refractivity (Wildman–Crippen MR) is 15.4 cm³/mol. The molecule has 0 saturated carbocycles. The quantitative estimate of drug-likeness (QED) is 0.283. The van der Waals surface area contributed by atoms with Gasteiger partial charge in [0.2, 0.25) is 0 Å². The summed E-state index contributed by atoms with van der Waals surface area (Å²) in [5.41, 5.74) is 0. The van der Waals surface area contributed by atoms with Gasteiger partial charge in [0.25, 0.3) is 0 Å². The molecule has 8 heavy (non-hydrogen) atoms. The number of hydrogen-bond donors (Lipinski definition) is 0. The maximum Gasteiger partial charge on any atom is 3.00 e. The molecule has 5 N–H and O–H groups in total. The molecule has 5 nitrogen and oxygen atoms in total. The Bertz CT molecular complexity index is 10.4. The van der Waals surface area contributed by atoms with Crippen LogP contribution in [0, 0.1) is 0 Å². The van der Waals surface area contributed by atoms with Crippen molar-refractivity contribution in [3.05, 3.63) is 0 Å². The van der Waals surface area contributed by atoms with Gasteiger partial charge in [-0.15, -0.1) is 0 Å². The molecule has 0 aromatic heterocycles. The van der Waals surface area contributed by atoms with Crippen molar-refractivity contribution in [2.24, 2.45) is 0 Å². The third-order valence-corrected chi connectivity index (χ3v) is 0. The van der Waals surface area contributed by atoms with Crippen LogP contribution in [0.3, 0.4) is 0 Å². The summed E-state index contributed by atoms with van der Waals surface area (Å²) >= 11 is 0. The second-order valence-electron chi connectivity index (χ2n) is 0. The van der Waals surface area contributed by atoms with Crippen molar-refractivity contribution >= 4 is 8.41 Å². The van der Waals surface area contributed by atoms with E-state index in [4.69, 9.17) is 0 Å². The fourth-order valence-electron chi connectivity index (χ4n) is 0. The molecule has 0 unspecified atom stereocenters. The Hall–Kier alpha value is 1.06. The van der Waals surface area contributed by atoms with Crippen molar-refractivity contribution < 1.29 is 65.1 Å². The first-order valence-corrected chi connectivity index (χ1v) is 0. The summed E-state index contributed by atoms with van der Waals surface area (Å²) in [4.78, 5) is 0. The van der Waals surface area contributed by atoms with Crippen molar-refractivity contribution in [1.82, 2.24) is 0 Å². The van der Waals surface area contributed by atoms with E-state index < -0.39 is 0 Å². The minimum atomic E-state index is 0. The Morgan fingerprint density at radius 1 is 0.375 bits per heavy atom. The molecule has 0 spiro atoms. The normalized spacial score (nSPS) is 0. The van der Waals surface area contributed by atoms with E-state index in [1.54, 1.807) is 0 Å². The zero-order chi connectivity index (χ0) is 0.